The average molecular weight is 385 g/mol. The predicted octanol–water partition coefficient (Wildman–Crippen LogP) is 3.10. The van der Waals surface area contributed by atoms with Crippen molar-refractivity contribution in [1.29, 1.82) is 0 Å². The maximum absolute atomic E-state index is 12.4. The van der Waals surface area contributed by atoms with Crippen LogP contribution in [0.3, 0.4) is 0 Å². The standard InChI is InChI=1S/C18H22F3N3O3/c1-11(12-5-7-14(8-6-12)27-18(19,20)21)22-17(26)23-15-9-10-24(16(15)25)13-3-2-4-13/h5-8,11,13,15H,2-4,9-10H2,1H3,(H2,22,23,26). The first-order valence-corrected chi connectivity index (χ1v) is 8.96. The van der Waals surface area contributed by atoms with Gasteiger partial charge in [-0.15, -0.1) is 13.2 Å². The third-order valence-corrected chi connectivity index (χ3v) is 5.02. The minimum atomic E-state index is -4.74. The Bertz CT molecular complexity index is 689. The van der Waals surface area contributed by atoms with Crippen molar-refractivity contribution < 1.29 is 27.5 Å². The van der Waals surface area contributed by atoms with E-state index in [0.29, 0.717) is 24.6 Å². The molecule has 2 aliphatic rings. The van der Waals surface area contributed by atoms with Gasteiger partial charge in [-0.1, -0.05) is 12.1 Å². The number of hydrogen-bond acceptors (Lipinski definition) is 3. The minimum Gasteiger partial charge on any atom is -0.406 e. The van der Waals surface area contributed by atoms with E-state index in [1.807, 2.05) is 4.90 Å². The van der Waals surface area contributed by atoms with E-state index in [2.05, 4.69) is 15.4 Å². The van der Waals surface area contributed by atoms with Gasteiger partial charge in [-0.2, -0.15) is 0 Å². The molecule has 2 fully saturated rings. The summed E-state index contributed by atoms with van der Waals surface area (Å²) in [4.78, 5) is 26.4. The molecule has 1 aliphatic carbocycles. The van der Waals surface area contributed by atoms with Gasteiger partial charge in [0, 0.05) is 12.6 Å². The number of hydrogen-bond donors (Lipinski definition) is 2. The molecule has 2 atom stereocenters. The third-order valence-electron chi connectivity index (χ3n) is 5.02. The molecule has 3 amide bonds. The SMILES string of the molecule is CC(NC(=O)NC1CCN(C2CCC2)C1=O)c1ccc(OC(F)(F)F)cc1. The number of likely N-dealkylation sites (tertiary alicyclic amines) is 1. The van der Waals surface area contributed by atoms with Crippen LogP contribution in [0.2, 0.25) is 0 Å². The molecule has 2 unspecified atom stereocenters. The summed E-state index contributed by atoms with van der Waals surface area (Å²) in [5.41, 5.74) is 0.619. The van der Waals surface area contributed by atoms with Gasteiger partial charge in [0.2, 0.25) is 5.91 Å². The van der Waals surface area contributed by atoms with Crippen molar-refractivity contribution in [2.24, 2.45) is 0 Å². The highest BCUT2D eigenvalue weighted by molar-refractivity contribution is 5.89. The van der Waals surface area contributed by atoms with Crippen LogP contribution in [0.15, 0.2) is 24.3 Å². The molecule has 0 spiro atoms. The minimum absolute atomic E-state index is 0.0452. The van der Waals surface area contributed by atoms with Gasteiger partial charge in [0.1, 0.15) is 11.8 Å². The van der Waals surface area contributed by atoms with Gasteiger partial charge in [-0.3, -0.25) is 4.79 Å². The van der Waals surface area contributed by atoms with Crippen LogP contribution < -0.4 is 15.4 Å². The first-order valence-electron chi connectivity index (χ1n) is 8.96. The van der Waals surface area contributed by atoms with E-state index in [1.54, 1.807) is 6.92 Å². The van der Waals surface area contributed by atoms with E-state index in [9.17, 15) is 22.8 Å². The molecule has 0 radical (unpaired) electrons. The molecule has 0 aromatic heterocycles. The maximum atomic E-state index is 12.4. The average Bonchev–Trinajstić information content (AvgIpc) is 2.86. The number of alkyl halides is 3. The number of rotatable bonds is 5. The topological polar surface area (TPSA) is 70.7 Å². The second-order valence-corrected chi connectivity index (χ2v) is 6.91. The van der Waals surface area contributed by atoms with E-state index in [4.69, 9.17) is 0 Å². The molecule has 1 aromatic rings. The maximum Gasteiger partial charge on any atom is 0.573 e. The van der Waals surface area contributed by atoms with Crippen molar-refractivity contribution in [3.63, 3.8) is 0 Å². The predicted molar refractivity (Wildman–Crippen MR) is 91.0 cm³/mol. The Labute approximate surface area is 155 Å². The number of carbonyl (C=O) groups is 2. The summed E-state index contributed by atoms with van der Waals surface area (Å²) in [5.74, 6) is -0.369. The Balaban J connectivity index is 1.49. The molecule has 0 bridgehead atoms. The third kappa shape index (κ3) is 4.84. The van der Waals surface area contributed by atoms with Gasteiger partial charge in [0.25, 0.3) is 0 Å². The summed E-state index contributed by atoms with van der Waals surface area (Å²) >= 11 is 0. The van der Waals surface area contributed by atoms with Crippen LogP contribution in [0.1, 0.15) is 44.2 Å². The first kappa shape index (κ1) is 19.3. The van der Waals surface area contributed by atoms with Crippen LogP contribution in [0, 0.1) is 0 Å². The number of nitrogens with zero attached hydrogens (tertiary/aromatic N) is 1. The number of amides is 3. The van der Waals surface area contributed by atoms with Gasteiger partial charge >= 0.3 is 12.4 Å². The summed E-state index contributed by atoms with van der Waals surface area (Å²) < 4.78 is 40.4. The van der Waals surface area contributed by atoms with Gasteiger partial charge in [0.05, 0.1) is 6.04 Å². The fourth-order valence-electron chi connectivity index (χ4n) is 3.33. The van der Waals surface area contributed by atoms with Crippen molar-refractivity contribution in [2.45, 2.75) is 57.1 Å². The number of carbonyl (C=O) groups excluding carboxylic acids is 2. The number of benzene rings is 1. The Morgan fingerprint density at radius 1 is 1.22 bits per heavy atom. The number of halogens is 3. The molecule has 1 saturated carbocycles. The van der Waals surface area contributed by atoms with Gasteiger partial charge in [-0.05, 0) is 50.3 Å². The molecular weight excluding hydrogens is 363 g/mol. The summed E-state index contributed by atoms with van der Waals surface area (Å²) in [6, 6.07) is 4.14. The van der Waals surface area contributed by atoms with Crippen LogP contribution in [-0.2, 0) is 4.79 Å². The molecule has 148 valence electrons. The lowest BCUT2D eigenvalue weighted by atomic mass is 9.92. The van der Waals surface area contributed by atoms with Crippen molar-refractivity contribution in [2.75, 3.05) is 6.54 Å². The molecule has 1 aromatic carbocycles. The van der Waals surface area contributed by atoms with Crippen LogP contribution in [0.4, 0.5) is 18.0 Å². The van der Waals surface area contributed by atoms with Crippen LogP contribution >= 0.6 is 0 Å². The largest absolute Gasteiger partial charge is 0.573 e. The highest BCUT2D eigenvalue weighted by atomic mass is 19.4. The Morgan fingerprint density at radius 2 is 1.89 bits per heavy atom. The Morgan fingerprint density at radius 3 is 2.44 bits per heavy atom. The zero-order chi connectivity index (χ0) is 19.6. The number of nitrogens with one attached hydrogen (secondary N) is 2. The highest BCUT2D eigenvalue weighted by Gasteiger charge is 2.38. The number of urea groups is 1. The summed E-state index contributed by atoms with van der Waals surface area (Å²) in [7, 11) is 0. The smallest absolute Gasteiger partial charge is 0.406 e. The molecule has 9 heteroatoms. The van der Waals surface area contributed by atoms with Crippen molar-refractivity contribution in [3.8, 4) is 5.75 Å². The zero-order valence-electron chi connectivity index (χ0n) is 14.9. The molecular formula is C18H22F3N3O3. The van der Waals surface area contributed by atoms with Crippen LogP contribution in [0.25, 0.3) is 0 Å². The molecule has 1 heterocycles. The van der Waals surface area contributed by atoms with Crippen molar-refractivity contribution in [3.05, 3.63) is 29.8 Å². The lowest BCUT2D eigenvalue weighted by molar-refractivity contribution is -0.274. The van der Waals surface area contributed by atoms with Gasteiger partial charge in [0.15, 0.2) is 0 Å². The zero-order valence-corrected chi connectivity index (χ0v) is 14.9. The lowest BCUT2D eigenvalue weighted by Gasteiger charge is -2.34. The second kappa shape index (κ2) is 7.66. The normalized spacial score (nSPS) is 21.6. The Hall–Kier alpha value is -2.45. The van der Waals surface area contributed by atoms with Crippen molar-refractivity contribution in [1.82, 2.24) is 15.5 Å². The summed E-state index contributed by atoms with van der Waals surface area (Å²) in [6.07, 6.45) is -0.976. The fraction of sp³-hybridized carbons (Fsp3) is 0.556. The molecule has 6 nitrogen and oxygen atoms in total. The Kier molecular flexibility index (Phi) is 5.48. The van der Waals surface area contributed by atoms with E-state index < -0.39 is 24.5 Å². The van der Waals surface area contributed by atoms with Gasteiger partial charge in [-0.25, -0.2) is 4.79 Å². The summed E-state index contributed by atoms with van der Waals surface area (Å²) in [5, 5.41) is 5.39. The van der Waals surface area contributed by atoms with Crippen molar-refractivity contribution >= 4 is 11.9 Å². The molecule has 2 N–H and O–H groups in total. The van der Waals surface area contributed by atoms with E-state index in [-0.39, 0.29) is 11.7 Å². The van der Waals surface area contributed by atoms with E-state index in [1.165, 1.54) is 24.3 Å². The molecule has 1 saturated heterocycles. The molecule has 3 rings (SSSR count). The second-order valence-electron chi connectivity index (χ2n) is 6.91. The summed E-state index contributed by atoms with van der Waals surface area (Å²) in [6.45, 7) is 2.36. The molecule has 27 heavy (non-hydrogen) atoms. The van der Waals surface area contributed by atoms with Crippen LogP contribution in [0.5, 0.6) is 5.75 Å². The molecule has 1 aliphatic heterocycles. The quantitative estimate of drug-likeness (QED) is 0.818. The fourth-order valence-corrected chi connectivity index (χ4v) is 3.33. The van der Waals surface area contributed by atoms with E-state index in [0.717, 1.165) is 19.3 Å². The first-order chi connectivity index (χ1) is 12.7. The van der Waals surface area contributed by atoms with Crippen LogP contribution in [-0.4, -0.2) is 41.8 Å². The van der Waals surface area contributed by atoms with Gasteiger partial charge < -0.3 is 20.3 Å². The number of ether oxygens (including phenoxy) is 1. The lowest BCUT2D eigenvalue weighted by Crippen LogP contribution is -2.49. The monoisotopic (exact) mass is 385 g/mol. The van der Waals surface area contributed by atoms with E-state index >= 15 is 0 Å². The highest BCUT2D eigenvalue weighted by Crippen LogP contribution is 2.28.